The maximum absolute atomic E-state index is 15.2. The zero-order valence-corrected chi connectivity index (χ0v) is 21.2. The Morgan fingerprint density at radius 3 is 2.67 bits per heavy atom. The summed E-state index contributed by atoms with van der Waals surface area (Å²) >= 11 is 0. The lowest BCUT2D eigenvalue weighted by atomic mass is 9.63. The molecule has 40 heavy (non-hydrogen) atoms. The zero-order chi connectivity index (χ0) is 28.4. The van der Waals surface area contributed by atoms with E-state index in [2.05, 4.69) is 15.2 Å². The molecule has 2 fully saturated rings. The third-order valence-electron chi connectivity index (χ3n) is 7.94. The molecule has 1 spiro atoms. The quantitative estimate of drug-likeness (QED) is 0.491. The topological polar surface area (TPSA) is 112 Å². The predicted molar refractivity (Wildman–Crippen MR) is 132 cm³/mol. The van der Waals surface area contributed by atoms with Gasteiger partial charge in [0.1, 0.15) is 30.0 Å². The second-order valence-corrected chi connectivity index (χ2v) is 10.3. The zero-order valence-electron chi connectivity index (χ0n) is 21.2. The number of anilines is 1. The van der Waals surface area contributed by atoms with Crippen LogP contribution in [-0.2, 0) is 19.8 Å². The van der Waals surface area contributed by atoms with Crippen LogP contribution in [0.15, 0.2) is 36.5 Å². The van der Waals surface area contributed by atoms with Crippen molar-refractivity contribution in [1.29, 1.82) is 0 Å². The van der Waals surface area contributed by atoms with Crippen molar-refractivity contribution >= 4 is 34.4 Å². The van der Waals surface area contributed by atoms with Gasteiger partial charge in [0, 0.05) is 51.0 Å². The Balaban J connectivity index is 1.22. The normalized spacial score (nSPS) is 24.4. The maximum atomic E-state index is 15.2. The highest BCUT2D eigenvalue weighted by Crippen LogP contribution is 2.55. The molecule has 0 unspecified atom stereocenters. The van der Waals surface area contributed by atoms with Gasteiger partial charge in [0.25, 0.3) is 0 Å². The van der Waals surface area contributed by atoms with Gasteiger partial charge >= 0.3 is 6.18 Å². The van der Waals surface area contributed by atoms with Gasteiger partial charge < -0.3 is 19.4 Å². The summed E-state index contributed by atoms with van der Waals surface area (Å²) < 4.78 is 62.7. The molecule has 4 heterocycles. The molecule has 3 aromatic rings. The number of nitrogens with one attached hydrogen (secondary N) is 1. The van der Waals surface area contributed by atoms with E-state index in [1.165, 1.54) is 31.3 Å². The minimum Gasteiger partial charge on any atom is -0.474 e. The minimum atomic E-state index is -4.78. The second-order valence-electron chi connectivity index (χ2n) is 10.3. The molecule has 0 radical (unpaired) electrons. The highest BCUT2D eigenvalue weighted by Gasteiger charge is 2.61. The lowest BCUT2D eigenvalue weighted by molar-refractivity contribution is -0.201. The van der Waals surface area contributed by atoms with E-state index in [-0.39, 0.29) is 37.2 Å². The lowest BCUT2D eigenvalue weighted by Crippen LogP contribution is -2.63. The van der Waals surface area contributed by atoms with Crippen molar-refractivity contribution in [2.24, 2.45) is 0 Å². The maximum Gasteiger partial charge on any atom is 0.410 e. The molecule has 2 aliphatic heterocycles. The summed E-state index contributed by atoms with van der Waals surface area (Å²) in [5.41, 5.74) is 0.267. The smallest absolute Gasteiger partial charge is 0.410 e. The summed E-state index contributed by atoms with van der Waals surface area (Å²) in [5, 5.41) is 6.69. The average molecular weight is 561 g/mol. The number of piperazine rings is 1. The van der Waals surface area contributed by atoms with Crippen molar-refractivity contribution < 1.29 is 36.7 Å². The number of amides is 3. The summed E-state index contributed by atoms with van der Waals surface area (Å²) in [6, 6.07) is 5.26. The Hall–Kier alpha value is -4.23. The van der Waals surface area contributed by atoms with Crippen molar-refractivity contribution in [3.05, 3.63) is 47.9 Å². The van der Waals surface area contributed by atoms with Crippen LogP contribution in [0, 0.1) is 5.82 Å². The number of H-pyrrole nitrogens is 1. The first-order valence-electron chi connectivity index (χ1n) is 12.7. The molecule has 1 aliphatic carbocycles. The molecule has 1 saturated carbocycles. The van der Waals surface area contributed by atoms with E-state index in [0.717, 1.165) is 15.3 Å². The average Bonchev–Trinajstić information content (AvgIpc) is 3.44. The predicted octanol–water partition coefficient (Wildman–Crippen LogP) is 2.54. The Bertz CT molecular complexity index is 1520. The number of hydrogen-bond acceptors (Lipinski definition) is 6. The summed E-state index contributed by atoms with van der Waals surface area (Å²) in [7, 11) is 0. The summed E-state index contributed by atoms with van der Waals surface area (Å²) in [6.45, 7) is -0.608. The Kier molecular flexibility index (Phi) is 5.96. The highest BCUT2D eigenvalue weighted by molar-refractivity contribution is 6.11. The van der Waals surface area contributed by atoms with Crippen LogP contribution in [0.25, 0.3) is 11.0 Å². The molecular formula is C26H24F4N6O4. The van der Waals surface area contributed by atoms with Crippen LogP contribution in [0.5, 0.6) is 5.88 Å². The third kappa shape index (κ3) is 4.12. The minimum absolute atomic E-state index is 0.0611. The molecule has 0 bridgehead atoms. The van der Waals surface area contributed by atoms with Gasteiger partial charge in [-0.25, -0.2) is 9.37 Å². The van der Waals surface area contributed by atoms with Gasteiger partial charge in [-0.3, -0.25) is 19.5 Å². The number of pyridine rings is 1. The number of alkyl halides is 3. The molecule has 210 valence electrons. The second kappa shape index (κ2) is 9.17. The van der Waals surface area contributed by atoms with E-state index in [1.807, 2.05) is 0 Å². The third-order valence-corrected chi connectivity index (χ3v) is 7.94. The summed E-state index contributed by atoms with van der Waals surface area (Å²) in [5.74, 6) is -2.35. The fourth-order valence-electron chi connectivity index (χ4n) is 5.94. The largest absolute Gasteiger partial charge is 0.474 e. The number of ether oxygens (including phenoxy) is 1. The van der Waals surface area contributed by atoms with E-state index >= 15 is 4.39 Å². The van der Waals surface area contributed by atoms with Crippen molar-refractivity contribution in [1.82, 2.24) is 25.0 Å². The first-order valence-corrected chi connectivity index (χ1v) is 12.7. The first kappa shape index (κ1) is 26.0. The van der Waals surface area contributed by atoms with Crippen molar-refractivity contribution in [3.8, 4) is 5.88 Å². The van der Waals surface area contributed by atoms with Crippen LogP contribution in [0.3, 0.4) is 0 Å². The van der Waals surface area contributed by atoms with E-state index in [4.69, 9.17) is 4.74 Å². The number of rotatable bonds is 4. The van der Waals surface area contributed by atoms with Gasteiger partial charge in [0.05, 0.1) is 22.8 Å². The van der Waals surface area contributed by atoms with Gasteiger partial charge in [-0.15, -0.1) is 0 Å². The van der Waals surface area contributed by atoms with Crippen LogP contribution < -0.4 is 9.64 Å². The first-order chi connectivity index (χ1) is 19.0. The monoisotopic (exact) mass is 560 g/mol. The molecule has 3 aliphatic rings. The van der Waals surface area contributed by atoms with E-state index in [0.29, 0.717) is 16.3 Å². The van der Waals surface area contributed by atoms with Crippen LogP contribution in [0.2, 0.25) is 0 Å². The van der Waals surface area contributed by atoms with Crippen LogP contribution in [-0.4, -0.2) is 87.2 Å². The number of hydrogen-bond donors (Lipinski definition) is 1. The molecule has 2 aromatic heterocycles. The molecule has 6 rings (SSSR count). The van der Waals surface area contributed by atoms with Gasteiger partial charge in [-0.05, 0) is 18.2 Å². The lowest BCUT2D eigenvalue weighted by Gasteiger charge is -2.44. The summed E-state index contributed by atoms with van der Waals surface area (Å²) in [6.07, 6.45) is -3.50. The number of fused-ring (bicyclic) bond motifs is 3. The number of aromatic amines is 1. The number of carbonyl (C=O) groups is 3. The van der Waals surface area contributed by atoms with Gasteiger partial charge in [-0.2, -0.15) is 18.3 Å². The highest BCUT2D eigenvalue weighted by atomic mass is 19.4. The van der Waals surface area contributed by atoms with Gasteiger partial charge in [-0.1, -0.05) is 6.07 Å². The fourth-order valence-corrected chi connectivity index (χ4v) is 5.94. The van der Waals surface area contributed by atoms with E-state index in [9.17, 15) is 27.6 Å². The number of aromatic nitrogens is 3. The Morgan fingerprint density at radius 2 is 1.95 bits per heavy atom. The molecular weight excluding hydrogens is 536 g/mol. The van der Waals surface area contributed by atoms with Crippen molar-refractivity contribution in [2.75, 3.05) is 31.1 Å². The molecule has 1 atom stereocenters. The van der Waals surface area contributed by atoms with Crippen molar-refractivity contribution in [3.63, 3.8) is 0 Å². The molecule has 1 aromatic carbocycles. The molecule has 10 nitrogen and oxygen atoms in total. The van der Waals surface area contributed by atoms with Gasteiger partial charge in [0.2, 0.25) is 23.6 Å². The number of benzene rings is 1. The Labute approximate surface area is 224 Å². The van der Waals surface area contributed by atoms with E-state index in [1.54, 1.807) is 12.1 Å². The van der Waals surface area contributed by atoms with Crippen LogP contribution >= 0.6 is 0 Å². The van der Waals surface area contributed by atoms with Gasteiger partial charge in [0.15, 0.2) is 0 Å². The number of carbonyl (C=O) groups excluding carboxylic acids is 3. The molecule has 1 N–H and O–H groups in total. The molecule has 3 amide bonds. The standard InChI is InChI=1S/C26H24F4N6O4/c1-14(37)34-7-8-35(20(12-34)26(28,29)30)22(38)13-36-19-4-2-3-16(27)23(19)25(24(36)39)9-15(10-25)40-21-6-5-17-18(32-21)11-31-33-17/h2-6,11,15,20H,7-10,12-13H2,1H3,(H,31,33)/t15?,20-,25?/m1/s1. The van der Waals surface area contributed by atoms with Crippen LogP contribution in [0.1, 0.15) is 25.3 Å². The van der Waals surface area contributed by atoms with E-state index < -0.39 is 60.4 Å². The number of halogens is 4. The van der Waals surface area contributed by atoms with Crippen LogP contribution in [0.4, 0.5) is 23.2 Å². The SMILES string of the molecule is CC(=O)N1CCN(C(=O)CN2C(=O)C3(CC(Oc4ccc5[nH]ncc5n4)C3)c3c(F)cccc32)[C@@H](C(F)(F)F)C1. The number of nitrogens with zero attached hydrogens (tertiary/aromatic N) is 5. The summed E-state index contributed by atoms with van der Waals surface area (Å²) in [4.78, 5) is 45.7. The molecule has 14 heteroatoms. The fraction of sp³-hybridized carbons (Fsp3) is 0.423. The van der Waals surface area contributed by atoms with Crippen molar-refractivity contribution in [2.45, 2.75) is 43.5 Å². The molecule has 1 saturated heterocycles. The Morgan fingerprint density at radius 1 is 1.18 bits per heavy atom.